The number of fused-ring (bicyclic) bond motifs is 1. The Labute approximate surface area is 79.2 Å². The molecule has 2 aromatic rings. The predicted octanol–water partition coefficient (Wildman–Crippen LogP) is 1.59. The molecule has 2 aromatic heterocycles. The Bertz CT molecular complexity index is 477. The predicted molar refractivity (Wildman–Crippen MR) is 48.0 cm³/mol. The van der Waals surface area contributed by atoms with Gasteiger partial charge < -0.3 is 0 Å². The van der Waals surface area contributed by atoms with E-state index in [2.05, 4.69) is 9.97 Å². The molecule has 13 heavy (non-hydrogen) atoms. The second-order valence-corrected chi connectivity index (χ2v) is 2.96. The normalized spacial score (nSPS) is 10.6. The molecule has 0 atom stereocenters. The Kier molecular flexibility index (Phi) is 1.77. The van der Waals surface area contributed by atoms with E-state index < -0.39 is 0 Å². The minimum Gasteiger partial charge on any atom is -0.293 e. The van der Waals surface area contributed by atoms with Gasteiger partial charge in [0.05, 0.1) is 0 Å². The summed E-state index contributed by atoms with van der Waals surface area (Å²) in [6.45, 7) is 1.42. The molecule has 0 aliphatic heterocycles. The third-order valence-corrected chi connectivity index (χ3v) is 2.04. The molecule has 5 heteroatoms. The highest BCUT2D eigenvalue weighted by molar-refractivity contribution is 6.32. The molecule has 0 amide bonds. The van der Waals surface area contributed by atoms with E-state index in [-0.39, 0.29) is 11.5 Å². The van der Waals surface area contributed by atoms with Gasteiger partial charge in [0.2, 0.25) is 5.78 Å². The van der Waals surface area contributed by atoms with Gasteiger partial charge in [-0.25, -0.2) is 9.97 Å². The highest BCUT2D eigenvalue weighted by Crippen LogP contribution is 2.16. The van der Waals surface area contributed by atoms with Gasteiger partial charge in [-0.15, -0.1) is 0 Å². The summed E-state index contributed by atoms with van der Waals surface area (Å²) < 4.78 is 1.57. The van der Waals surface area contributed by atoms with Crippen molar-refractivity contribution in [3.63, 3.8) is 0 Å². The Morgan fingerprint density at radius 1 is 1.62 bits per heavy atom. The van der Waals surface area contributed by atoms with Crippen LogP contribution in [0.15, 0.2) is 18.5 Å². The van der Waals surface area contributed by atoms with E-state index in [1.165, 1.54) is 6.92 Å². The van der Waals surface area contributed by atoms with Crippen LogP contribution in [0.5, 0.6) is 0 Å². The first kappa shape index (κ1) is 8.19. The van der Waals surface area contributed by atoms with Gasteiger partial charge in [-0.2, -0.15) is 0 Å². The van der Waals surface area contributed by atoms with Gasteiger partial charge in [0.1, 0.15) is 10.8 Å². The maximum Gasteiger partial charge on any atom is 0.235 e. The molecule has 0 bridgehead atoms. The third kappa shape index (κ3) is 1.19. The standard InChI is InChI=1S/C8H6ClN3O/c1-5(13)6-7(9)12-4-2-3-10-8(12)11-6/h2-4H,1H3. The lowest BCUT2D eigenvalue weighted by Crippen LogP contribution is -1.92. The molecule has 0 spiro atoms. The van der Waals surface area contributed by atoms with Crippen LogP contribution in [-0.4, -0.2) is 20.2 Å². The summed E-state index contributed by atoms with van der Waals surface area (Å²) in [5.74, 6) is 0.285. The average Bonchev–Trinajstić information content (AvgIpc) is 2.45. The fourth-order valence-corrected chi connectivity index (χ4v) is 1.39. The molecule has 0 aliphatic rings. The van der Waals surface area contributed by atoms with Crippen LogP contribution >= 0.6 is 11.6 Å². The van der Waals surface area contributed by atoms with Crippen molar-refractivity contribution in [1.29, 1.82) is 0 Å². The van der Waals surface area contributed by atoms with Crippen molar-refractivity contribution in [3.05, 3.63) is 29.3 Å². The minimum atomic E-state index is -0.157. The van der Waals surface area contributed by atoms with Crippen LogP contribution in [0.3, 0.4) is 0 Å². The summed E-state index contributed by atoms with van der Waals surface area (Å²) in [7, 11) is 0. The lowest BCUT2D eigenvalue weighted by Gasteiger charge is -1.90. The molecule has 0 saturated carbocycles. The molecule has 0 saturated heterocycles. The first-order valence-corrected chi connectivity index (χ1v) is 4.07. The molecule has 0 unspecified atom stereocenters. The van der Waals surface area contributed by atoms with Gasteiger partial charge in [0.15, 0.2) is 5.78 Å². The number of carbonyl (C=O) groups excluding carboxylic acids is 1. The zero-order chi connectivity index (χ0) is 9.42. The van der Waals surface area contributed by atoms with Crippen LogP contribution in [0.1, 0.15) is 17.4 Å². The number of hydrogen-bond acceptors (Lipinski definition) is 3. The maximum absolute atomic E-state index is 11.0. The number of nitrogens with zero attached hydrogens (tertiary/aromatic N) is 3. The Morgan fingerprint density at radius 2 is 2.38 bits per heavy atom. The smallest absolute Gasteiger partial charge is 0.235 e. The van der Waals surface area contributed by atoms with E-state index in [4.69, 9.17) is 11.6 Å². The highest BCUT2D eigenvalue weighted by Gasteiger charge is 2.13. The summed E-state index contributed by atoms with van der Waals surface area (Å²) in [6, 6.07) is 1.73. The number of rotatable bonds is 1. The van der Waals surface area contributed by atoms with Crippen molar-refractivity contribution in [3.8, 4) is 0 Å². The van der Waals surface area contributed by atoms with Crippen molar-refractivity contribution < 1.29 is 4.79 Å². The quantitative estimate of drug-likeness (QED) is 0.650. The van der Waals surface area contributed by atoms with Crippen LogP contribution < -0.4 is 0 Å². The largest absolute Gasteiger partial charge is 0.293 e. The third-order valence-electron chi connectivity index (χ3n) is 1.68. The molecule has 0 radical (unpaired) electrons. The zero-order valence-corrected chi connectivity index (χ0v) is 7.62. The molecular formula is C8H6ClN3O. The van der Waals surface area contributed by atoms with E-state index in [0.29, 0.717) is 10.9 Å². The summed E-state index contributed by atoms with van der Waals surface area (Å²) in [5, 5.41) is 0.315. The number of carbonyl (C=O) groups is 1. The number of ketones is 1. The zero-order valence-electron chi connectivity index (χ0n) is 6.86. The Hall–Kier alpha value is -1.42. The second-order valence-electron chi connectivity index (χ2n) is 2.60. The van der Waals surface area contributed by atoms with Crippen LogP contribution in [0.2, 0.25) is 5.15 Å². The molecular weight excluding hydrogens is 190 g/mol. The summed E-state index contributed by atoms with van der Waals surface area (Å²) in [6.07, 6.45) is 3.31. The van der Waals surface area contributed by atoms with Crippen LogP contribution in [0.25, 0.3) is 5.78 Å². The van der Waals surface area contributed by atoms with Crippen molar-refractivity contribution in [1.82, 2.24) is 14.4 Å². The molecule has 4 nitrogen and oxygen atoms in total. The van der Waals surface area contributed by atoms with Crippen LogP contribution in [-0.2, 0) is 0 Å². The van der Waals surface area contributed by atoms with E-state index in [9.17, 15) is 4.79 Å². The van der Waals surface area contributed by atoms with E-state index in [0.717, 1.165) is 0 Å². The van der Waals surface area contributed by atoms with Gasteiger partial charge in [-0.3, -0.25) is 9.20 Å². The van der Waals surface area contributed by atoms with Gasteiger partial charge in [-0.05, 0) is 6.07 Å². The number of aromatic nitrogens is 3. The molecule has 0 aliphatic carbocycles. The Morgan fingerprint density at radius 3 is 3.00 bits per heavy atom. The Balaban J connectivity index is 2.81. The summed E-state index contributed by atoms with van der Waals surface area (Å²) in [4.78, 5) is 19.0. The van der Waals surface area contributed by atoms with E-state index in [1.807, 2.05) is 0 Å². The summed E-state index contributed by atoms with van der Waals surface area (Å²) in [5.41, 5.74) is 0.264. The van der Waals surface area contributed by atoms with Crippen molar-refractivity contribution >= 4 is 23.2 Å². The minimum absolute atomic E-state index is 0.157. The lowest BCUT2D eigenvalue weighted by molar-refractivity contribution is 0.101. The number of hydrogen-bond donors (Lipinski definition) is 0. The van der Waals surface area contributed by atoms with Crippen molar-refractivity contribution in [2.75, 3.05) is 0 Å². The van der Waals surface area contributed by atoms with Crippen LogP contribution in [0, 0.1) is 0 Å². The maximum atomic E-state index is 11.0. The van der Waals surface area contributed by atoms with Crippen molar-refractivity contribution in [2.45, 2.75) is 6.92 Å². The van der Waals surface area contributed by atoms with Crippen molar-refractivity contribution in [2.24, 2.45) is 0 Å². The van der Waals surface area contributed by atoms with E-state index in [1.54, 1.807) is 22.9 Å². The van der Waals surface area contributed by atoms with Gasteiger partial charge in [-0.1, -0.05) is 11.6 Å². The van der Waals surface area contributed by atoms with Gasteiger partial charge in [0, 0.05) is 19.3 Å². The molecule has 2 heterocycles. The first-order chi connectivity index (χ1) is 6.20. The summed E-state index contributed by atoms with van der Waals surface area (Å²) >= 11 is 5.89. The number of halogens is 1. The number of imidazole rings is 1. The van der Waals surface area contributed by atoms with Crippen LogP contribution in [0.4, 0.5) is 0 Å². The molecule has 2 rings (SSSR count). The molecule has 0 fully saturated rings. The average molecular weight is 196 g/mol. The van der Waals surface area contributed by atoms with Gasteiger partial charge >= 0.3 is 0 Å². The first-order valence-electron chi connectivity index (χ1n) is 3.69. The second kappa shape index (κ2) is 2.81. The lowest BCUT2D eigenvalue weighted by atomic mass is 10.3. The highest BCUT2D eigenvalue weighted by atomic mass is 35.5. The SMILES string of the molecule is CC(=O)c1nc2ncccn2c1Cl. The topological polar surface area (TPSA) is 47.3 Å². The fourth-order valence-electron chi connectivity index (χ4n) is 1.08. The monoisotopic (exact) mass is 195 g/mol. The number of Topliss-reactive ketones (excluding diaryl/α,β-unsaturated/α-hetero) is 1. The fraction of sp³-hybridized carbons (Fsp3) is 0.125. The van der Waals surface area contributed by atoms with Gasteiger partial charge in [0.25, 0.3) is 0 Å². The molecule has 66 valence electrons. The molecule has 0 N–H and O–H groups in total. The van der Waals surface area contributed by atoms with E-state index >= 15 is 0 Å². The molecule has 0 aromatic carbocycles.